The van der Waals surface area contributed by atoms with Gasteiger partial charge in [-0.2, -0.15) is 0 Å². The average Bonchev–Trinajstić information content (AvgIpc) is 3.16. The van der Waals surface area contributed by atoms with E-state index in [2.05, 4.69) is 67.9 Å². The number of benzene rings is 2. The van der Waals surface area contributed by atoms with Crippen molar-refractivity contribution in [1.29, 1.82) is 0 Å². The molecular weight excluding hydrogens is 444 g/mol. The molecule has 3 aromatic rings. The molecule has 0 fully saturated rings. The Hall–Kier alpha value is -2.70. The number of nitrogens with zero attached hydrogens (tertiary/aromatic N) is 1. The lowest BCUT2D eigenvalue weighted by Gasteiger charge is -2.25. The molecule has 0 bridgehead atoms. The molecule has 5 nitrogen and oxygen atoms in total. The molecule has 1 aliphatic rings. The standard InChI is InChI=1S/C28H34N2O3S/c1-5-30-16-14-19(15-17-30)27-21-18-20(10-11-22(21)29-23(27)12-13-26(31)32)34-25-9-7-6-8-24(25)33-28(2,3)4/h6-11,14,18,29H,5,12-13,15-17H2,1-4H3,(H,31,32). The van der Waals surface area contributed by atoms with E-state index in [1.54, 1.807) is 11.8 Å². The smallest absolute Gasteiger partial charge is 0.303 e. The summed E-state index contributed by atoms with van der Waals surface area (Å²) in [5.74, 6) is 0.109. The number of carboxylic acid groups (broad SMARTS) is 1. The van der Waals surface area contributed by atoms with E-state index in [0.29, 0.717) is 6.42 Å². The van der Waals surface area contributed by atoms with Crippen molar-refractivity contribution < 1.29 is 14.6 Å². The number of hydrogen-bond acceptors (Lipinski definition) is 4. The van der Waals surface area contributed by atoms with Crippen molar-refractivity contribution in [2.45, 2.75) is 62.3 Å². The largest absolute Gasteiger partial charge is 0.487 e. The Labute approximate surface area is 206 Å². The van der Waals surface area contributed by atoms with Gasteiger partial charge < -0.3 is 14.8 Å². The number of aromatic nitrogens is 1. The number of nitrogens with one attached hydrogen (secondary N) is 1. The number of aryl methyl sites for hydroxylation is 1. The molecule has 2 N–H and O–H groups in total. The summed E-state index contributed by atoms with van der Waals surface area (Å²) in [6.07, 6.45) is 3.90. The fraction of sp³-hybridized carbons (Fsp3) is 0.393. The number of carbonyl (C=O) groups is 1. The monoisotopic (exact) mass is 478 g/mol. The Morgan fingerprint density at radius 3 is 2.68 bits per heavy atom. The molecule has 1 aliphatic heterocycles. The number of rotatable bonds is 8. The van der Waals surface area contributed by atoms with Crippen LogP contribution in [0.25, 0.3) is 16.5 Å². The third-order valence-corrected chi connectivity index (χ3v) is 7.04. The van der Waals surface area contributed by atoms with Crippen LogP contribution in [0.15, 0.2) is 58.3 Å². The summed E-state index contributed by atoms with van der Waals surface area (Å²) in [7, 11) is 0. The minimum atomic E-state index is -0.772. The highest BCUT2D eigenvalue weighted by Crippen LogP contribution is 2.40. The number of hydrogen-bond donors (Lipinski definition) is 2. The summed E-state index contributed by atoms with van der Waals surface area (Å²) >= 11 is 1.70. The molecule has 0 radical (unpaired) electrons. The molecule has 0 saturated carbocycles. The summed E-state index contributed by atoms with van der Waals surface area (Å²) in [5, 5.41) is 10.4. The first-order valence-corrected chi connectivity index (χ1v) is 12.8. The zero-order valence-electron chi connectivity index (χ0n) is 20.5. The Balaban J connectivity index is 1.72. The lowest BCUT2D eigenvalue weighted by molar-refractivity contribution is -0.136. The van der Waals surface area contributed by atoms with Crippen LogP contribution < -0.4 is 4.74 Å². The van der Waals surface area contributed by atoms with Gasteiger partial charge in [-0.1, -0.05) is 36.9 Å². The molecule has 0 amide bonds. The van der Waals surface area contributed by atoms with Gasteiger partial charge in [-0.3, -0.25) is 9.69 Å². The van der Waals surface area contributed by atoms with E-state index in [-0.39, 0.29) is 12.0 Å². The second kappa shape index (κ2) is 10.3. The van der Waals surface area contributed by atoms with Crippen molar-refractivity contribution in [2.24, 2.45) is 0 Å². The van der Waals surface area contributed by atoms with Gasteiger partial charge in [0.05, 0.1) is 11.3 Å². The zero-order valence-corrected chi connectivity index (χ0v) is 21.3. The van der Waals surface area contributed by atoms with E-state index in [4.69, 9.17) is 4.74 Å². The number of aromatic amines is 1. The number of likely N-dealkylation sites (N-methyl/N-ethyl adjacent to an activating group) is 1. The molecule has 2 heterocycles. The van der Waals surface area contributed by atoms with Gasteiger partial charge in [-0.15, -0.1) is 0 Å². The highest BCUT2D eigenvalue weighted by atomic mass is 32.2. The summed E-state index contributed by atoms with van der Waals surface area (Å²) in [6.45, 7) is 11.4. The molecule has 34 heavy (non-hydrogen) atoms. The first kappa shape index (κ1) is 24.4. The fourth-order valence-corrected chi connectivity index (χ4v) is 5.30. The van der Waals surface area contributed by atoms with E-state index in [1.165, 1.54) is 11.1 Å². The van der Waals surface area contributed by atoms with Gasteiger partial charge in [0.15, 0.2) is 0 Å². The van der Waals surface area contributed by atoms with Crippen LogP contribution in [0.1, 0.15) is 51.8 Å². The van der Waals surface area contributed by atoms with Crippen LogP contribution in [0.5, 0.6) is 5.75 Å². The van der Waals surface area contributed by atoms with Gasteiger partial charge in [0.1, 0.15) is 11.4 Å². The van der Waals surface area contributed by atoms with E-state index >= 15 is 0 Å². The van der Waals surface area contributed by atoms with Crippen molar-refractivity contribution in [3.63, 3.8) is 0 Å². The minimum absolute atomic E-state index is 0.118. The van der Waals surface area contributed by atoms with Crippen molar-refractivity contribution in [3.8, 4) is 5.75 Å². The lowest BCUT2D eigenvalue weighted by Crippen LogP contribution is -2.28. The summed E-state index contributed by atoms with van der Waals surface area (Å²) in [6, 6.07) is 14.6. The first-order valence-electron chi connectivity index (χ1n) is 12.0. The van der Waals surface area contributed by atoms with Crippen molar-refractivity contribution in [1.82, 2.24) is 9.88 Å². The van der Waals surface area contributed by atoms with Gasteiger partial charge in [-0.25, -0.2) is 0 Å². The Morgan fingerprint density at radius 1 is 1.21 bits per heavy atom. The Kier molecular flexibility index (Phi) is 7.39. The van der Waals surface area contributed by atoms with E-state index < -0.39 is 5.97 Å². The summed E-state index contributed by atoms with van der Waals surface area (Å²) in [5.41, 5.74) is 4.31. The molecule has 0 unspecified atom stereocenters. The van der Waals surface area contributed by atoms with E-state index in [9.17, 15) is 9.90 Å². The molecule has 4 rings (SSSR count). The van der Waals surface area contributed by atoms with Crippen LogP contribution in [-0.2, 0) is 11.2 Å². The van der Waals surface area contributed by atoms with Crippen molar-refractivity contribution in [3.05, 3.63) is 59.8 Å². The number of aliphatic carboxylic acids is 1. The quantitative estimate of drug-likeness (QED) is 0.381. The number of H-pyrrole nitrogens is 1. The maximum atomic E-state index is 11.3. The lowest BCUT2D eigenvalue weighted by atomic mass is 9.95. The summed E-state index contributed by atoms with van der Waals surface area (Å²) < 4.78 is 6.19. The first-order chi connectivity index (χ1) is 16.2. The molecule has 0 spiro atoms. The maximum Gasteiger partial charge on any atom is 0.303 e. The SMILES string of the molecule is CCN1CC=C(c2c(CCC(=O)O)[nH]c3ccc(Sc4ccccc4OC(C)(C)C)cc23)CC1. The van der Waals surface area contributed by atoms with E-state index in [1.807, 2.05) is 18.2 Å². The van der Waals surface area contributed by atoms with Crippen LogP contribution in [-0.4, -0.2) is 46.2 Å². The number of fused-ring (bicyclic) bond motifs is 1. The molecule has 6 heteroatoms. The Morgan fingerprint density at radius 2 is 2.00 bits per heavy atom. The highest BCUT2D eigenvalue weighted by Gasteiger charge is 2.20. The molecule has 0 aliphatic carbocycles. The van der Waals surface area contributed by atoms with Gasteiger partial charge in [-0.05, 0) is 76.1 Å². The third kappa shape index (κ3) is 5.86. The predicted molar refractivity (Wildman–Crippen MR) is 140 cm³/mol. The van der Waals surface area contributed by atoms with Crippen LogP contribution in [0.2, 0.25) is 0 Å². The van der Waals surface area contributed by atoms with Gasteiger partial charge in [0, 0.05) is 40.1 Å². The normalized spacial score (nSPS) is 14.9. The molecule has 0 saturated heterocycles. The number of carboxylic acids is 1. The van der Waals surface area contributed by atoms with Crippen LogP contribution >= 0.6 is 11.8 Å². The number of para-hydroxylation sites is 1. The Bertz CT molecular complexity index is 1210. The van der Waals surface area contributed by atoms with Gasteiger partial charge in [0.2, 0.25) is 0 Å². The second-order valence-corrected chi connectivity index (χ2v) is 10.8. The average molecular weight is 479 g/mol. The van der Waals surface area contributed by atoms with Crippen LogP contribution in [0, 0.1) is 0 Å². The van der Waals surface area contributed by atoms with Gasteiger partial charge >= 0.3 is 5.97 Å². The van der Waals surface area contributed by atoms with E-state index in [0.717, 1.165) is 58.2 Å². The van der Waals surface area contributed by atoms with Crippen molar-refractivity contribution >= 4 is 34.2 Å². The minimum Gasteiger partial charge on any atom is -0.487 e. The molecule has 180 valence electrons. The van der Waals surface area contributed by atoms with Crippen molar-refractivity contribution in [2.75, 3.05) is 19.6 Å². The zero-order chi connectivity index (χ0) is 24.3. The third-order valence-electron chi connectivity index (χ3n) is 5.99. The molecule has 0 atom stereocenters. The molecule has 1 aromatic heterocycles. The fourth-order valence-electron chi connectivity index (χ4n) is 4.38. The number of ether oxygens (including phenoxy) is 1. The molecular formula is C28H34N2O3S. The highest BCUT2D eigenvalue weighted by molar-refractivity contribution is 7.99. The predicted octanol–water partition coefficient (Wildman–Crippen LogP) is 6.62. The van der Waals surface area contributed by atoms with Gasteiger partial charge in [0.25, 0.3) is 0 Å². The summed E-state index contributed by atoms with van der Waals surface area (Å²) in [4.78, 5) is 19.5. The maximum absolute atomic E-state index is 11.3. The van der Waals surface area contributed by atoms with Crippen LogP contribution in [0.4, 0.5) is 0 Å². The molecule has 2 aromatic carbocycles. The topological polar surface area (TPSA) is 65.6 Å². The second-order valence-electron chi connectivity index (χ2n) is 9.72. The van der Waals surface area contributed by atoms with Crippen LogP contribution in [0.3, 0.4) is 0 Å².